The van der Waals surface area contributed by atoms with Crippen molar-refractivity contribution in [2.45, 2.75) is 43.9 Å². The number of hydrogen-bond donors (Lipinski definition) is 1. The quantitative estimate of drug-likeness (QED) is 0.639. The topological polar surface area (TPSA) is 55.4 Å². The second-order valence-electron chi connectivity index (χ2n) is 6.90. The van der Waals surface area contributed by atoms with Gasteiger partial charge in [-0.3, -0.25) is 9.59 Å². The summed E-state index contributed by atoms with van der Waals surface area (Å²) in [6.45, 7) is 0.162. The van der Waals surface area contributed by atoms with Crippen molar-refractivity contribution in [3.8, 4) is 0 Å². The van der Waals surface area contributed by atoms with Crippen LogP contribution in [0.15, 0.2) is 0 Å². The first-order valence-corrected chi connectivity index (χ1v) is 7.96. The molecule has 112 valence electrons. The lowest BCUT2D eigenvalue weighted by molar-refractivity contribution is -0.146. The molecule has 1 amide bonds. The van der Waals surface area contributed by atoms with Crippen molar-refractivity contribution in [2.75, 3.05) is 13.7 Å². The molecule has 0 aromatic carbocycles. The largest absolute Gasteiger partial charge is 0.468 e. The smallest absolute Gasteiger partial charge is 0.325 e. The van der Waals surface area contributed by atoms with Gasteiger partial charge < -0.3 is 10.1 Å². The van der Waals surface area contributed by atoms with E-state index in [2.05, 4.69) is 10.1 Å². The molecule has 0 aliphatic heterocycles. The van der Waals surface area contributed by atoms with Crippen molar-refractivity contribution in [1.29, 1.82) is 0 Å². The van der Waals surface area contributed by atoms with Gasteiger partial charge in [-0.25, -0.2) is 0 Å². The highest BCUT2D eigenvalue weighted by Gasteiger charge is 2.54. The first-order valence-electron chi connectivity index (χ1n) is 7.52. The van der Waals surface area contributed by atoms with Crippen LogP contribution in [0.2, 0.25) is 0 Å². The molecular formula is C15H22ClNO3. The van der Waals surface area contributed by atoms with Crippen LogP contribution < -0.4 is 5.32 Å². The molecule has 1 unspecified atom stereocenters. The number of ether oxygens (including phenoxy) is 1. The maximum Gasteiger partial charge on any atom is 0.325 e. The van der Waals surface area contributed by atoms with E-state index in [4.69, 9.17) is 11.6 Å². The van der Waals surface area contributed by atoms with Gasteiger partial charge in [-0.05, 0) is 56.3 Å². The molecule has 4 saturated carbocycles. The number of carbonyl (C=O) groups is 2. The lowest BCUT2D eigenvalue weighted by Gasteiger charge is -2.55. The molecule has 4 bridgehead atoms. The van der Waals surface area contributed by atoms with Gasteiger partial charge >= 0.3 is 5.97 Å². The zero-order valence-electron chi connectivity index (χ0n) is 11.9. The van der Waals surface area contributed by atoms with Crippen LogP contribution in [0.5, 0.6) is 0 Å². The molecule has 4 fully saturated rings. The molecule has 1 atom stereocenters. The predicted molar refractivity (Wildman–Crippen MR) is 75.3 cm³/mol. The van der Waals surface area contributed by atoms with Gasteiger partial charge in [0.15, 0.2) is 0 Å². The summed E-state index contributed by atoms with van der Waals surface area (Å²) in [7, 11) is 1.30. The standard InChI is InChI=1S/C15H22ClNO3/c1-20-13(18)12(16)8-17-14(19)15-5-9-2-10(6-15)4-11(3-9)7-15/h9-12H,2-8H2,1H3,(H,17,19). The highest BCUT2D eigenvalue weighted by Crippen LogP contribution is 2.60. The van der Waals surface area contributed by atoms with Gasteiger partial charge in [-0.1, -0.05) is 0 Å². The Morgan fingerprint density at radius 1 is 1.20 bits per heavy atom. The Kier molecular flexibility index (Phi) is 3.69. The number of alkyl halides is 1. The summed E-state index contributed by atoms with van der Waals surface area (Å²) >= 11 is 5.89. The Hall–Kier alpha value is -0.770. The summed E-state index contributed by atoms with van der Waals surface area (Å²) in [6.07, 6.45) is 7.01. The van der Waals surface area contributed by atoms with Crippen LogP contribution in [0.3, 0.4) is 0 Å². The summed E-state index contributed by atoms with van der Waals surface area (Å²) in [6, 6.07) is 0. The molecule has 1 N–H and O–H groups in total. The van der Waals surface area contributed by atoms with E-state index in [0.717, 1.165) is 37.0 Å². The van der Waals surface area contributed by atoms with Crippen molar-refractivity contribution >= 4 is 23.5 Å². The van der Waals surface area contributed by atoms with E-state index in [0.29, 0.717) is 0 Å². The van der Waals surface area contributed by atoms with E-state index in [-0.39, 0.29) is 17.9 Å². The highest BCUT2D eigenvalue weighted by atomic mass is 35.5. The molecule has 0 radical (unpaired) electrons. The SMILES string of the molecule is COC(=O)C(Cl)CNC(=O)C12CC3CC(CC(C3)C1)C2. The van der Waals surface area contributed by atoms with E-state index in [1.54, 1.807) is 0 Å². The average molecular weight is 300 g/mol. The van der Waals surface area contributed by atoms with Crippen molar-refractivity contribution in [3.63, 3.8) is 0 Å². The zero-order chi connectivity index (χ0) is 14.3. The fraction of sp³-hybridized carbons (Fsp3) is 0.867. The Bertz CT molecular complexity index is 388. The van der Waals surface area contributed by atoms with Crippen LogP contribution in [0.4, 0.5) is 0 Å². The molecule has 4 nitrogen and oxygen atoms in total. The number of carbonyl (C=O) groups excluding carboxylic acids is 2. The monoisotopic (exact) mass is 299 g/mol. The van der Waals surface area contributed by atoms with Gasteiger partial charge in [-0.2, -0.15) is 0 Å². The summed E-state index contributed by atoms with van der Waals surface area (Å²) in [5.74, 6) is 1.82. The van der Waals surface area contributed by atoms with E-state index >= 15 is 0 Å². The molecule has 4 aliphatic rings. The van der Waals surface area contributed by atoms with E-state index in [9.17, 15) is 9.59 Å². The molecule has 4 rings (SSSR count). The van der Waals surface area contributed by atoms with Gasteiger partial charge in [0, 0.05) is 12.0 Å². The number of amides is 1. The molecule has 0 aromatic heterocycles. The fourth-order valence-electron chi connectivity index (χ4n) is 4.97. The molecule has 5 heteroatoms. The average Bonchev–Trinajstić information content (AvgIpc) is 2.41. The molecule has 0 saturated heterocycles. The summed E-state index contributed by atoms with van der Waals surface area (Å²) in [4.78, 5) is 23.9. The van der Waals surface area contributed by atoms with Gasteiger partial charge in [0.2, 0.25) is 5.91 Å². The number of hydrogen-bond acceptors (Lipinski definition) is 3. The third kappa shape index (κ3) is 2.43. The lowest BCUT2D eigenvalue weighted by Crippen LogP contribution is -2.54. The predicted octanol–water partition coefficient (Wildman–Crippen LogP) is 2.10. The Morgan fingerprint density at radius 2 is 1.70 bits per heavy atom. The fourth-order valence-corrected chi connectivity index (χ4v) is 5.14. The summed E-state index contributed by atoms with van der Waals surface area (Å²) < 4.78 is 4.57. The van der Waals surface area contributed by atoms with Gasteiger partial charge in [0.1, 0.15) is 5.38 Å². The lowest BCUT2D eigenvalue weighted by atomic mass is 9.49. The first kappa shape index (κ1) is 14.2. The molecule has 0 aromatic rings. The second-order valence-corrected chi connectivity index (χ2v) is 7.43. The number of nitrogens with one attached hydrogen (secondary N) is 1. The van der Waals surface area contributed by atoms with Crippen molar-refractivity contribution in [1.82, 2.24) is 5.32 Å². The van der Waals surface area contributed by atoms with Gasteiger partial charge in [-0.15, -0.1) is 11.6 Å². The van der Waals surface area contributed by atoms with Crippen molar-refractivity contribution < 1.29 is 14.3 Å². The van der Waals surface area contributed by atoms with Crippen LogP contribution in [0, 0.1) is 23.2 Å². The minimum atomic E-state index is -0.794. The van der Waals surface area contributed by atoms with Crippen LogP contribution in [-0.4, -0.2) is 30.9 Å². The maximum absolute atomic E-state index is 12.6. The van der Waals surface area contributed by atoms with Crippen LogP contribution >= 0.6 is 11.6 Å². The molecular weight excluding hydrogens is 278 g/mol. The number of rotatable bonds is 4. The second kappa shape index (κ2) is 5.21. The van der Waals surface area contributed by atoms with Crippen molar-refractivity contribution in [2.24, 2.45) is 23.2 Å². The Labute approximate surface area is 124 Å². The highest BCUT2D eigenvalue weighted by molar-refractivity contribution is 6.30. The maximum atomic E-state index is 12.6. The van der Waals surface area contributed by atoms with Gasteiger partial charge in [0.25, 0.3) is 0 Å². The Balaban J connectivity index is 1.61. The normalized spacial score (nSPS) is 39.4. The third-order valence-electron chi connectivity index (χ3n) is 5.42. The van der Waals surface area contributed by atoms with E-state index in [1.165, 1.54) is 26.4 Å². The van der Waals surface area contributed by atoms with Crippen LogP contribution in [0.1, 0.15) is 38.5 Å². The van der Waals surface area contributed by atoms with E-state index < -0.39 is 11.3 Å². The molecule has 20 heavy (non-hydrogen) atoms. The zero-order valence-corrected chi connectivity index (χ0v) is 12.6. The van der Waals surface area contributed by atoms with Crippen molar-refractivity contribution in [3.05, 3.63) is 0 Å². The van der Waals surface area contributed by atoms with Crippen LogP contribution in [0.25, 0.3) is 0 Å². The molecule has 0 heterocycles. The van der Waals surface area contributed by atoms with E-state index in [1.807, 2.05) is 0 Å². The molecule has 0 spiro atoms. The first-order chi connectivity index (χ1) is 9.52. The number of esters is 1. The minimum absolute atomic E-state index is 0.103. The summed E-state index contributed by atoms with van der Waals surface area (Å²) in [5.41, 5.74) is -0.179. The van der Waals surface area contributed by atoms with Gasteiger partial charge in [0.05, 0.1) is 7.11 Å². The summed E-state index contributed by atoms with van der Waals surface area (Å²) in [5, 5.41) is 2.09. The number of halogens is 1. The molecule has 4 aliphatic carbocycles. The van der Waals surface area contributed by atoms with Crippen LogP contribution in [-0.2, 0) is 14.3 Å². The third-order valence-corrected chi connectivity index (χ3v) is 5.75. The minimum Gasteiger partial charge on any atom is -0.468 e. The Morgan fingerprint density at radius 3 is 2.15 bits per heavy atom. The number of methoxy groups -OCH3 is 1.